The Morgan fingerprint density at radius 2 is 2.40 bits per heavy atom. The van der Waals surface area contributed by atoms with Gasteiger partial charge in [-0.25, -0.2) is 0 Å². The van der Waals surface area contributed by atoms with Crippen molar-refractivity contribution in [3.8, 4) is 0 Å². The molecule has 7 heteroatoms. The van der Waals surface area contributed by atoms with E-state index in [1.165, 1.54) is 16.7 Å². The molecule has 0 saturated carbocycles. The summed E-state index contributed by atoms with van der Waals surface area (Å²) in [5, 5.41) is 14.2. The molecule has 1 N–H and O–H groups in total. The molecule has 80 valence electrons. The lowest BCUT2D eigenvalue weighted by Gasteiger charge is -2.08. The van der Waals surface area contributed by atoms with E-state index >= 15 is 0 Å². The van der Waals surface area contributed by atoms with Crippen molar-refractivity contribution < 1.29 is 4.92 Å². The van der Waals surface area contributed by atoms with Crippen LogP contribution >= 0.6 is 15.9 Å². The highest BCUT2D eigenvalue weighted by molar-refractivity contribution is 9.09. The van der Waals surface area contributed by atoms with Gasteiger partial charge in [-0.2, -0.15) is 0 Å². The van der Waals surface area contributed by atoms with E-state index in [0.717, 1.165) is 0 Å². The van der Waals surface area contributed by atoms with E-state index < -0.39 is 4.92 Å². The number of nitrogens with one attached hydrogen (secondary N) is 1. The highest BCUT2D eigenvalue weighted by Crippen LogP contribution is 2.30. The van der Waals surface area contributed by atoms with Crippen LogP contribution in [0.15, 0.2) is 16.9 Å². The van der Waals surface area contributed by atoms with Crippen LogP contribution in [0, 0.1) is 10.1 Å². The molecule has 2 rings (SSSR count). The SMILES string of the molecule is O=c1ccc([N+](=O)[O-])c2n1C(CBr)CN2. The first-order valence-corrected chi connectivity index (χ1v) is 5.47. The normalized spacial score (nSPS) is 18.3. The summed E-state index contributed by atoms with van der Waals surface area (Å²) < 4.78 is 1.42. The molecule has 0 fully saturated rings. The Kier molecular flexibility index (Phi) is 2.47. The van der Waals surface area contributed by atoms with Crippen LogP contribution in [0.1, 0.15) is 6.04 Å². The Hall–Kier alpha value is -1.37. The number of fused-ring (bicyclic) bond motifs is 1. The summed E-state index contributed by atoms with van der Waals surface area (Å²) in [6, 6.07) is 2.40. The third kappa shape index (κ3) is 1.52. The Morgan fingerprint density at radius 1 is 1.67 bits per heavy atom. The number of pyridine rings is 1. The maximum Gasteiger partial charge on any atom is 0.309 e. The van der Waals surface area contributed by atoms with Crippen LogP contribution < -0.4 is 10.9 Å². The molecule has 0 radical (unpaired) electrons. The van der Waals surface area contributed by atoms with Crippen LogP contribution in [-0.2, 0) is 0 Å². The van der Waals surface area contributed by atoms with Crippen LogP contribution in [0.2, 0.25) is 0 Å². The summed E-state index contributed by atoms with van der Waals surface area (Å²) >= 11 is 3.27. The molecule has 2 heterocycles. The minimum absolute atomic E-state index is 0.0574. The molecule has 0 aliphatic carbocycles. The molecule has 15 heavy (non-hydrogen) atoms. The number of hydrogen-bond donors (Lipinski definition) is 1. The molecule has 1 aromatic rings. The lowest BCUT2D eigenvalue weighted by atomic mass is 10.3. The van der Waals surface area contributed by atoms with Crippen LogP contribution in [0.4, 0.5) is 11.5 Å². The molecule has 1 aromatic heterocycles. The first kappa shape index (κ1) is 10.2. The van der Waals surface area contributed by atoms with Gasteiger partial charge in [-0.1, -0.05) is 15.9 Å². The number of nitrogens with zero attached hydrogens (tertiary/aromatic N) is 2. The van der Waals surface area contributed by atoms with Crippen LogP contribution in [0.25, 0.3) is 0 Å². The molecule has 1 atom stereocenters. The van der Waals surface area contributed by atoms with Gasteiger partial charge in [0.1, 0.15) is 0 Å². The molecule has 0 aromatic carbocycles. The maximum absolute atomic E-state index is 11.5. The zero-order valence-electron chi connectivity index (χ0n) is 7.64. The summed E-state index contributed by atoms with van der Waals surface area (Å²) in [7, 11) is 0. The summed E-state index contributed by atoms with van der Waals surface area (Å²) in [6.45, 7) is 0.533. The lowest BCUT2D eigenvalue weighted by Crippen LogP contribution is -2.22. The number of aromatic nitrogens is 1. The van der Waals surface area contributed by atoms with E-state index in [9.17, 15) is 14.9 Å². The van der Waals surface area contributed by atoms with Gasteiger partial charge in [0.2, 0.25) is 0 Å². The second kappa shape index (κ2) is 3.65. The highest BCUT2D eigenvalue weighted by atomic mass is 79.9. The summed E-state index contributed by atoms with van der Waals surface area (Å²) in [4.78, 5) is 21.7. The van der Waals surface area contributed by atoms with E-state index in [-0.39, 0.29) is 17.3 Å². The largest absolute Gasteiger partial charge is 0.364 e. The van der Waals surface area contributed by atoms with E-state index in [4.69, 9.17) is 0 Å². The fourth-order valence-corrected chi connectivity index (χ4v) is 2.18. The topological polar surface area (TPSA) is 77.2 Å². The molecule has 0 spiro atoms. The molecule has 1 aliphatic heterocycles. The van der Waals surface area contributed by atoms with Crippen molar-refractivity contribution in [2.24, 2.45) is 0 Å². The minimum Gasteiger partial charge on any atom is -0.364 e. The zero-order valence-corrected chi connectivity index (χ0v) is 9.23. The van der Waals surface area contributed by atoms with Crippen molar-refractivity contribution in [3.63, 3.8) is 0 Å². The Morgan fingerprint density at radius 3 is 3.00 bits per heavy atom. The van der Waals surface area contributed by atoms with Crippen molar-refractivity contribution in [3.05, 3.63) is 32.6 Å². The minimum atomic E-state index is -0.491. The molecular formula is C8H8BrN3O3. The Balaban J connectivity index is 2.64. The fourth-order valence-electron chi connectivity index (χ4n) is 1.66. The van der Waals surface area contributed by atoms with E-state index in [0.29, 0.717) is 17.7 Å². The van der Waals surface area contributed by atoms with Gasteiger partial charge in [0.25, 0.3) is 5.56 Å². The summed E-state index contributed by atoms with van der Waals surface area (Å²) in [5.74, 6) is 0.303. The molecule has 1 unspecified atom stereocenters. The van der Waals surface area contributed by atoms with Gasteiger partial charge in [-0.05, 0) is 0 Å². The number of hydrogen-bond acceptors (Lipinski definition) is 4. The zero-order chi connectivity index (χ0) is 11.0. The van der Waals surface area contributed by atoms with E-state index in [2.05, 4.69) is 21.2 Å². The predicted molar refractivity (Wildman–Crippen MR) is 58.7 cm³/mol. The Bertz CT molecular complexity index is 471. The van der Waals surface area contributed by atoms with E-state index in [1.54, 1.807) is 0 Å². The fraction of sp³-hybridized carbons (Fsp3) is 0.375. The molecular weight excluding hydrogens is 266 g/mol. The lowest BCUT2D eigenvalue weighted by molar-refractivity contribution is -0.384. The van der Waals surface area contributed by atoms with Gasteiger partial charge in [0, 0.05) is 24.0 Å². The van der Waals surface area contributed by atoms with E-state index in [1.807, 2.05) is 0 Å². The highest BCUT2D eigenvalue weighted by Gasteiger charge is 2.28. The molecule has 6 nitrogen and oxygen atoms in total. The van der Waals surface area contributed by atoms with Crippen LogP contribution in [0.3, 0.4) is 0 Å². The second-order valence-electron chi connectivity index (χ2n) is 3.22. The van der Waals surface area contributed by atoms with Gasteiger partial charge >= 0.3 is 5.69 Å². The van der Waals surface area contributed by atoms with Gasteiger partial charge in [0.05, 0.1) is 11.0 Å². The maximum atomic E-state index is 11.5. The number of nitro groups is 1. The number of anilines is 1. The molecule has 0 amide bonds. The van der Waals surface area contributed by atoms with Gasteiger partial charge < -0.3 is 5.32 Å². The van der Waals surface area contributed by atoms with Crippen molar-refractivity contribution in [2.45, 2.75) is 6.04 Å². The second-order valence-corrected chi connectivity index (χ2v) is 3.87. The number of rotatable bonds is 2. The van der Waals surface area contributed by atoms with Crippen molar-refractivity contribution in [2.75, 3.05) is 17.2 Å². The van der Waals surface area contributed by atoms with Gasteiger partial charge in [-0.3, -0.25) is 19.5 Å². The number of halogens is 1. The standard InChI is InChI=1S/C8H8BrN3O3/c9-3-5-4-10-8-6(12(14)15)1-2-7(13)11(5)8/h1-2,5,10H,3-4H2. The quantitative estimate of drug-likeness (QED) is 0.498. The first-order chi connectivity index (χ1) is 7.15. The predicted octanol–water partition coefficient (Wildman–Crippen LogP) is 1.12. The van der Waals surface area contributed by atoms with Crippen molar-refractivity contribution in [1.29, 1.82) is 0 Å². The average molecular weight is 274 g/mol. The smallest absolute Gasteiger partial charge is 0.309 e. The Labute approximate surface area is 93.2 Å². The van der Waals surface area contributed by atoms with Gasteiger partial charge in [-0.15, -0.1) is 0 Å². The third-order valence-corrected chi connectivity index (χ3v) is 3.10. The van der Waals surface area contributed by atoms with Crippen molar-refractivity contribution >= 4 is 27.4 Å². The first-order valence-electron chi connectivity index (χ1n) is 4.35. The molecule has 0 saturated heterocycles. The summed E-state index contributed by atoms with van der Waals surface area (Å²) in [6.07, 6.45) is 0. The monoisotopic (exact) mass is 273 g/mol. The third-order valence-electron chi connectivity index (χ3n) is 2.35. The molecule has 1 aliphatic rings. The van der Waals surface area contributed by atoms with Crippen molar-refractivity contribution in [1.82, 2.24) is 4.57 Å². The average Bonchev–Trinajstić information content (AvgIpc) is 2.62. The molecule has 0 bridgehead atoms. The number of alkyl halides is 1. The summed E-state index contributed by atoms with van der Waals surface area (Å²) in [5.41, 5.74) is -0.275. The van der Waals surface area contributed by atoms with Gasteiger partial charge in [0.15, 0.2) is 5.82 Å². The van der Waals surface area contributed by atoms with Crippen LogP contribution in [0.5, 0.6) is 0 Å². The van der Waals surface area contributed by atoms with Crippen LogP contribution in [-0.4, -0.2) is 21.4 Å².